The Morgan fingerprint density at radius 2 is 2.05 bits per heavy atom. The molecule has 1 aromatic heterocycles. The zero-order valence-electron chi connectivity index (χ0n) is 12.7. The highest BCUT2D eigenvalue weighted by Gasteiger charge is 2.43. The van der Waals surface area contributed by atoms with Crippen molar-refractivity contribution in [2.75, 3.05) is 5.32 Å². The summed E-state index contributed by atoms with van der Waals surface area (Å²) in [6.45, 7) is 2.08. The number of amides is 1. The van der Waals surface area contributed by atoms with Gasteiger partial charge in [-0.15, -0.1) is 11.3 Å². The first-order valence-corrected chi connectivity index (χ1v) is 8.90. The monoisotopic (exact) mass is 312 g/mol. The van der Waals surface area contributed by atoms with Crippen LogP contribution in [0.1, 0.15) is 31.2 Å². The van der Waals surface area contributed by atoms with E-state index < -0.39 is 0 Å². The molecule has 0 radical (unpaired) electrons. The molecule has 1 amide bonds. The normalized spacial score (nSPS) is 26.3. The van der Waals surface area contributed by atoms with Crippen molar-refractivity contribution >= 4 is 22.4 Å². The number of nitrogens with one attached hydrogen (secondary N) is 1. The van der Waals surface area contributed by atoms with Crippen LogP contribution in [0.5, 0.6) is 0 Å². The molecule has 4 rings (SSSR count). The average Bonchev–Trinajstić information content (AvgIpc) is 3.24. The van der Waals surface area contributed by atoms with Crippen molar-refractivity contribution in [2.45, 2.75) is 32.6 Å². The molecule has 3 unspecified atom stereocenters. The summed E-state index contributed by atoms with van der Waals surface area (Å²) in [5.74, 6) is 1.80. The molecule has 1 N–H and O–H groups in total. The molecule has 114 valence electrons. The van der Waals surface area contributed by atoms with E-state index in [1.54, 1.807) is 0 Å². The molecular formula is C18H20N2OS. The average molecular weight is 312 g/mol. The van der Waals surface area contributed by atoms with E-state index in [-0.39, 0.29) is 11.8 Å². The second-order valence-electron chi connectivity index (χ2n) is 6.67. The van der Waals surface area contributed by atoms with Gasteiger partial charge in [-0.05, 0) is 38.0 Å². The Labute approximate surface area is 134 Å². The summed E-state index contributed by atoms with van der Waals surface area (Å²) in [6.07, 6.45) is 4.88. The van der Waals surface area contributed by atoms with Gasteiger partial charge in [-0.25, -0.2) is 4.98 Å². The molecule has 3 atom stereocenters. The maximum Gasteiger partial charge on any atom is 0.229 e. The Bertz CT molecular complexity index is 691. The highest BCUT2D eigenvalue weighted by atomic mass is 32.1. The predicted octanol–water partition coefficient (Wildman–Crippen LogP) is 4.49. The zero-order chi connectivity index (χ0) is 15.1. The molecule has 2 saturated carbocycles. The summed E-state index contributed by atoms with van der Waals surface area (Å²) in [5, 5.41) is 5.78. The lowest BCUT2D eigenvalue weighted by Gasteiger charge is -2.19. The molecule has 22 heavy (non-hydrogen) atoms. The molecule has 2 aliphatic carbocycles. The van der Waals surface area contributed by atoms with Gasteiger partial charge < -0.3 is 5.32 Å². The Balaban J connectivity index is 1.45. The third-order valence-electron chi connectivity index (χ3n) is 5.16. The van der Waals surface area contributed by atoms with Crippen molar-refractivity contribution < 1.29 is 4.79 Å². The van der Waals surface area contributed by atoms with Crippen LogP contribution in [0.4, 0.5) is 5.13 Å². The Kier molecular flexibility index (Phi) is 3.49. The minimum atomic E-state index is 0.178. The van der Waals surface area contributed by atoms with Crippen LogP contribution in [0.15, 0.2) is 29.6 Å². The first kappa shape index (κ1) is 13.9. The SMILES string of the molecule is Cc1ccc(-c2csc(NC(=O)C3CC4CCC3C4)n2)cc1. The Hall–Kier alpha value is -1.68. The van der Waals surface area contributed by atoms with Gasteiger partial charge in [-0.1, -0.05) is 36.2 Å². The van der Waals surface area contributed by atoms with E-state index in [1.807, 2.05) is 5.38 Å². The van der Waals surface area contributed by atoms with Crippen molar-refractivity contribution in [2.24, 2.45) is 17.8 Å². The number of benzene rings is 1. The number of carbonyl (C=O) groups is 1. The molecule has 0 aliphatic heterocycles. The lowest BCUT2D eigenvalue weighted by atomic mass is 9.88. The molecule has 2 aromatic rings. The molecule has 2 aliphatic rings. The zero-order valence-corrected chi connectivity index (χ0v) is 13.5. The lowest BCUT2D eigenvalue weighted by Crippen LogP contribution is -2.27. The van der Waals surface area contributed by atoms with Crippen LogP contribution >= 0.6 is 11.3 Å². The number of nitrogens with zero attached hydrogens (tertiary/aromatic N) is 1. The number of carbonyl (C=O) groups excluding carboxylic acids is 1. The Morgan fingerprint density at radius 3 is 2.73 bits per heavy atom. The smallest absolute Gasteiger partial charge is 0.229 e. The number of hydrogen-bond acceptors (Lipinski definition) is 3. The van der Waals surface area contributed by atoms with Gasteiger partial charge in [-0.3, -0.25) is 4.79 Å². The van der Waals surface area contributed by atoms with E-state index in [9.17, 15) is 4.79 Å². The number of thiazole rings is 1. The maximum atomic E-state index is 12.5. The van der Waals surface area contributed by atoms with Crippen LogP contribution < -0.4 is 5.32 Å². The number of rotatable bonds is 3. The third-order valence-corrected chi connectivity index (χ3v) is 5.91. The summed E-state index contributed by atoms with van der Waals surface area (Å²) >= 11 is 1.51. The fraction of sp³-hybridized carbons (Fsp3) is 0.444. The summed E-state index contributed by atoms with van der Waals surface area (Å²) < 4.78 is 0. The lowest BCUT2D eigenvalue weighted by molar-refractivity contribution is -0.121. The fourth-order valence-electron chi connectivity index (χ4n) is 3.95. The number of hydrogen-bond donors (Lipinski definition) is 1. The number of aryl methyl sites for hydroxylation is 1. The summed E-state index contributed by atoms with van der Waals surface area (Å²) in [5.41, 5.74) is 3.28. The fourth-order valence-corrected chi connectivity index (χ4v) is 4.67. The van der Waals surface area contributed by atoms with E-state index in [1.165, 1.54) is 36.2 Å². The first-order valence-electron chi connectivity index (χ1n) is 8.02. The molecule has 1 heterocycles. The van der Waals surface area contributed by atoms with Crippen molar-refractivity contribution in [1.82, 2.24) is 4.98 Å². The molecular weight excluding hydrogens is 292 g/mol. The highest BCUT2D eigenvalue weighted by molar-refractivity contribution is 7.14. The second kappa shape index (κ2) is 5.51. The van der Waals surface area contributed by atoms with Crippen molar-refractivity contribution in [3.63, 3.8) is 0 Å². The first-order chi connectivity index (χ1) is 10.7. The molecule has 3 nitrogen and oxygen atoms in total. The predicted molar refractivity (Wildman–Crippen MR) is 89.9 cm³/mol. The van der Waals surface area contributed by atoms with Crippen molar-refractivity contribution in [3.8, 4) is 11.3 Å². The minimum absolute atomic E-state index is 0.178. The van der Waals surface area contributed by atoms with Gasteiger partial charge >= 0.3 is 0 Å². The molecule has 2 fully saturated rings. The van der Waals surface area contributed by atoms with Gasteiger partial charge in [0, 0.05) is 16.9 Å². The summed E-state index contributed by atoms with van der Waals surface area (Å²) in [7, 11) is 0. The summed E-state index contributed by atoms with van der Waals surface area (Å²) in [4.78, 5) is 17.0. The van der Waals surface area contributed by atoms with Gasteiger partial charge in [0.1, 0.15) is 0 Å². The van der Waals surface area contributed by atoms with Gasteiger partial charge in [0.25, 0.3) is 0 Å². The van der Waals surface area contributed by atoms with E-state index in [0.717, 1.165) is 28.7 Å². The number of anilines is 1. The van der Waals surface area contributed by atoms with Crippen molar-refractivity contribution in [3.05, 3.63) is 35.2 Å². The topological polar surface area (TPSA) is 42.0 Å². The van der Waals surface area contributed by atoms with Crippen LogP contribution in [0.2, 0.25) is 0 Å². The largest absolute Gasteiger partial charge is 0.302 e. The van der Waals surface area contributed by atoms with Gasteiger partial charge in [0.15, 0.2) is 5.13 Å². The number of fused-ring (bicyclic) bond motifs is 2. The van der Waals surface area contributed by atoms with Gasteiger partial charge in [-0.2, -0.15) is 0 Å². The molecule has 1 aromatic carbocycles. The van der Waals surface area contributed by atoms with E-state index >= 15 is 0 Å². The van der Waals surface area contributed by atoms with Crippen LogP contribution in [-0.2, 0) is 4.79 Å². The van der Waals surface area contributed by atoms with Crippen LogP contribution in [-0.4, -0.2) is 10.9 Å². The third kappa shape index (κ3) is 2.56. The Morgan fingerprint density at radius 1 is 1.23 bits per heavy atom. The molecule has 0 spiro atoms. The van der Waals surface area contributed by atoms with Gasteiger partial charge in [0.2, 0.25) is 5.91 Å². The minimum Gasteiger partial charge on any atom is -0.302 e. The van der Waals surface area contributed by atoms with E-state index in [4.69, 9.17) is 0 Å². The van der Waals surface area contributed by atoms with Crippen molar-refractivity contribution in [1.29, 1.82) is 0 Å². The van der Waals surface area contributed by atoms with Gasteiger partial charge in [0.05, 0.1) is 5.69 Å². The molecule has 2 bridgehead atoms. The summed E-state index contributed by atoms with van der Waals surface area (Å²) in [6, 6.07) is 8.32. The van der Waals surface area contributed by atoms with Crippen LogP contribution in [0.3, 0.4) is 0 Å². The quantitative estimate of drug-likeness (QED) is 0.907. The van der Waals surface area contributed by atoms with E-state index in [0.29, 0.717) is 5.92 Å². The number of aromatic nitrogens is 1. The van der Waals surface area contributed by atoms with E-state index in [2.05, 4.69) is 41.5 Å². The standard InChI is InChI=1S/C18H20N2OS/c1-11-2-5-13(6-3-11)16-10-22-18(19-16)20-17(21)15-9-12-4-7-14(15)8-12/h2-3,5-6,10,12,14-15H,4,7-9H2,1H3,(H,19,20,21). The maximum absolute atomic E-state index is 12.5. The van der Waals surface area contributed by atoms with Crippen LogP contribution in [0, 0.1) is 24.7 Å². The van der Waals surface area contributed by atoms with Crippen LogP contribution in [0.25, 0.3) is 11.3 Å². The second-order valence-corrected chi connectivity index (χ2v) is 7.53. The molecule has 4 heteroatoms. The highest BCUT2D eigenvalue weighted by Crippen LogP contribution is 2.48. The molecule has 0 saturated heterocycles.